The zero-order valence-electron chi connectivity index (χ0n) is 15.5. The molecule has 0 bridgehead atoms. The molecule has 6 nitrogen and oxygen atoms in total. The Kier molecular flexibility index (Phi) is 5.93. The van der Waals surface area contributed by atoms with Crippen LogP contribution in [0, 0.1) is 18.6 Å². The van der Waals surface area contributed by atoms with Crippen LogP contribution in [-0.4, -0.2) is 28.6 Å². The van der Waals surface area contributed by atoms with Crippen molar-refractivity contribution in [2.75, 3.05) is 7.05 Å². The zero-order valence-corrected chi connectivity index (χ0v) is 16.3. The summed E-state index contributed by atoms with van der Waals surface area (Å²) >= 11 is 6.38. The van der Waals surface area contributed by atoms with Crippen molar-refractivity contribution in [2.45, 2.75) is 13.0 Å². The highest BCUT2D eigenvalue weighted by molar-refractivity contribution is 6.33. The standard InChI is InChI=1S/C20H17ClF2N4O2/c1-11-16(18(21)27(26-11)13-6-4-3-5-7-13)19(28)25-17(20(29)24-2)12-8-9-14(22)15(23)10-12/h3-10,17H,1-2H3,(H,24,29)(H,25,28). The minimum atomic E-state index is -1.25. The van der Waals surface area contributed by atoms with Crippen molar-refractivity contribution >= 4 is 23.4 Å². The number of hydrogen-bond donors (Lipinski definition) is 2. The lowest BCUT2D eigenvalue weighted by Crippen LogP contribution is -2.39. The third-order valence-corrected chi connectivity index (χ3v) is 4.64. The number of halogens is 3. The van der Waals surface area contributed by atoms with Crippen molar-refractivity contribution in [3.05, 3.63) is 82.1 Å². The highest BCUT2D eigenvalue weighted by Crippen LogP contribution is 2.25. The number of carbonyl (C=O) groups is 2. The van der Waals surface area contributed by atoms with E-state index in [0.717, 1.165) is 12.1 Å². The fraction of sp³-hybridized carbons (Fsp3) is 0.150. The molecule has 0 aliphatic heterocycles. The number of benzene rings is 2. The van der Waals surface area contributed by atoms with Crippen LogP contribution in [0.15, 0.2) is 48.5 Å². The SMILES string of the molecule is CNC(=O)C(NC(=O)c1c(C)nn(-c2ccccc2)c1Cl)c1ccc(F)c(F)c1. The Balaban J connectivity index is 1.95. The second-order valence-electron chi connectivity index (χ2n) is 6.19. The number of hydrogen-bond acceptors (Lipinski definition) is 3. The van der Waals surface area contributed by atoms with Crippen LogP contribution in [-0.2, 0) is 4.79 Å². The average molecular weight is 419 g/mol. The molecule has 9 heteroatoms. The first kappa shape index (κ1) is 20.5. The van der Waals surface area contributed by atoms with Gasteiger partial charge >= 0.3 is 0 Å². The Bertz CT molecular complexity index is 1070. The summed E-state index contributed by atoms with van der Waals surface area (Å²) in [7, 11) is 1.37. The van der Waals surface area contributed by atoms with Gasteiger partial charge in [0.1, 0.15) is 11.2 Å². The van der Waals surface area contributed by atoms with E-state index in [2.05, 4.69) is 15.7 Å². The molecule has 0 saturated heterocycles. The van der Waals surface area contributed by atoms with Crippen molar-refractivity contribution in [1.29, 1.82) is 0 Å². The van der Waals surface area contributed by atoms with Gasteiger partial charge in [0, 0.05) is 7.05 Å². The first-order chi connectivity index (χ1) is 13.8. The predicted molar refractivity (Wildman–Crippen MR) is 104 cm³/mol. The Labute approximate surface area is 170 Å². The van der Waals surface area contributed by atoms with Gasteiger partial charge in [-0.3, -0.25) is 9.59 Å². The van der Waals surface area contributed by atoms with E-state index in [4.69, 9.17) is 11.6 Å². The van der Waals surface area contributed by atoms with E-state index < -0.39 is 29.5 Å². The normalized spacial score (nSPS) is 11.8. The van der Waals surface area contributed by atoms with Crippen molar-refractivity contribution in [3.8, 4) is 5.69 Å². The fourth-order valence-corrected chi connectivity index (χ4v) is 3.20. The number of para-hydroxylation sites is 1. The molecule has 0 aliphatic carbocycles. The lowest BCUT2D eigenvalue weighted by molar-refractivity contribution is -0.122. The quantitative estimate of drug-likeness (QED) is 0.667. The van der Waals surface area contributed by atoms with E-state index in [-0.39, 0.29) is 16.3 Å². The maximum Gasteiger partial charge on any atom is 0.257 e. The maximum atomic E-state index is 13.6. The van der Waals surface area contributed by atoms with Gasteiger partial charge in [-0.1, -0.05) is 35.9 Å². The summed E-state index contributed by atoms with van der Waals surface area (Å²) in [5.41, 5.74) is 1.16. The van der Waals surface area contributed by atoms with Crippen molar-refractivity contribution < 1.29 is 18.4 Å². The molecule has 3 rings (SSSR count). The molecule has 2 N–H and O–H groups in total. The molecule has 29 heavy (non-hydrogen) atoms. The van der Waals surface area contributed by atoms with Crippen LogP contribution in [0.1, 0.15) is 27.7 Å². The summed E-state index contributed by atoms with van der Waals surface area (Å²) in [5.74, 6) is -3.46. The molecule has 0 saturated carbocycles. The van der Waals surface area contributed by atoms with Gasteiger partial charge in [0.05, 0.1) is 16.9 Å². The van der Waals surface area contributed by atoms with Crippen molar-refractivity contribution in [2.24, 2.45) is 0 Å². The van der Waals surface area contributed by atoms with Crippen LogP contribution >= 0.6 is 11.6 Å². The molecule has 2 amide bonds. The number of likely N-dealkylation sites (N-methyl/N-ethyl adjacent to an activating group) is 1. The topological polar surface area (TPSA) is 76.0 Å². The molecule has 0 fully saturated rings. The lowest BCUT2D eigenvalue weighted by atomic mass is 10.0. The smallest absolute Gasteiger partial charge is 0.257 e. The lowest BCUT2D eigenvalue weighted by Gasteiger charge is -2.18. The number of aryl methyl sites for hydroxylation is 1. The molecule has 3 aromatic rings. The van der Waals surface area contributed by atoms with Gasteiger partial charge in [0.2, 0.25) is 5.91 Å². The van der Waals surface area contributed by atoms with Crippen LogP contribution in [0.5, 0.6) is 0 Å². The molecule has 1 aromatic heterocycles. The van der Waals surface area contributed by atoms with Gasteiger partial charge in [-0.05, 0) is 36.8 Å². The first-order valence-corrected chi connectivity index (χ1v) is 8.99. The molecule has 2 aromatic carbocycles. The van der Waals surface area contributed by atoms with Crippen LogP contribution in [0.25, 0.3) is 5.69 Å². The Morgan fingerprint density at radius 2 is 1.79 bits per heavy atom. The third kappa shape index (κ3) is 4.12. The van der Waals surface area contributed by atoms with Gasteiger partial charge in [-0.25, -0.2) is 13.5 Å². The van der Waals surface area contributed by atoms with Crippen molar-refractivity contribution in [1.82, 2.24) is 20.4 Å². The number of nitrogens with zero attached hydrogens (tertiary/aromatic N) is 2. The van der Waals surface area contributed by atoms with E-state index in [1.54, 1.807) is 31.2 Å². The summed E-state index contributed by atoms with van der Waals surface area (Å²) in [4.78, 5) is 25.2. The Hall–Kier alpha value is -3.26. The molecule has 1 unspecified atom stereocenters. The van der Waals surface area contributed by atoms with Gasteiger partial charge in [-0.15, -0.1) is 0 Å². The minimum absolute atomic E-state index is 0.0622. The number of aromatic nitrogens is 2. The summed E-state index contributed by atoms with van der Waals surface area (Å²) in [6.07, 6.45) is 0. The summed E-state index contributed by atoms with van der Waals surface area (Å²) in [5, 5.41) is 9.25. The van der Waals surface area contributed by atoms with E-state index in [9.17, 15) is 18.4 Å². The summed E-state index contributed by atoms with van der Waals surface area (Å²) < 4.78 is 28.3. The molecule has 0 aliphatic rings. The molecule has 0 radical (unpaired) electrons. The van der Waals surface area contributed by atoms with Crippen LogP contribution < -0.4 is 10.6 Å². The van der Waals surface area contributed by atoms with E-state index in [0.29, 0.717) is 11.4 Å². The summed E-state index contributed by atoms with van der Waals surface area (Å²) in [6.45, 7) is 1.60. The molecular weight excluding hydrogens is 402 g/mol. The average Bonchev–Trinajstić information content (AvgIpc) is 3.02. The number of amides is 2. The third-order valence-electron chi connectivity index (χ3n) is 4.29. The predicted octanol–water partition coefficient (Wildman–Crippen LogP) is 3.33. The number of carbonyl (C=O) groups excluding carboxylic acids is 2. The second-order valence-corrected chi connectivity index (χ2v) is 6.55. The highest BCUT2D eigenvalue weighted by Gasteiger charge is 2.27. The number of rotatable bonds is 5. The Morgan fingerprint density at radius 3 is 2.41 bits per heavy atom. The molecule has 150 valence electrons. The van der Waals surface area contributed by atoms with Crippen LogP contribution in [0.3, 0.4) is 0 Å². The number of nitrogens with one attached hydrogen (secondary N) is 2. The molecular formula is C20H17ClF2N4O2. The van der Waals surface area contributed by atoms with Gasteiger partial charge in [-0.2, -0.15) is 5.10 Å². The van der Waals surface area contributed by atoms with E-state index in [1.807, 2.05) is 6.07 Å². The minimum Gasteiger partial charge on any atom is -0.357 e. The zero-order chi connectivity index (χ0) is 21.1. The second kappa shape index (κ2) is 8.40. The fourth-order valence-electron chi connectivity index (χ4n) is 2.84. The van der Waals surface area contributed by atoms with E-state index >= 15 is 0 Å². The highest BCUT2D eigenvalue weighted by atomic mass is 35.5. The van der Waals surface area contributed by atoms with Crippen LogP contribution in [0.4, 0.5) is 8.78 Å². The molecule has 1 atom stereocenters. The van der Waals surface area contributed by atoms with Crippen LogP contribution in [0.2, 0.25) is 5.15 Å². The molecule has 1 heterocycles. The van der Waals surface area contributed by atoms with Gasteiger partial charge < -0.3 is 10.6 Å². The van der Waals surface area contributed by atoms with Gasteiger partial charge in [0.15, 0.2) is 11.6 Å². The maximum absolute atomic E-state index is 13.6. The monoisotopic (exact) mass is 418 g/mol. The molecule has 0 spiro atoms. The Morgan fingerprint density at radius 1 is 1.10 bits per heavy atom. The largest absolute Gasteiger partial charge is 0.357 e. The van der Waals surface area contributed by atoms with Gasteiger partial charge in [0.25, 0.3) is 5.91 Å². The van der Waals surface area contributed by atoms with E-state index in [1.165, 1.54) is 17.8 Å². The van der Waals surface area contributed by atoms with Crippen molar-refractivity contribution in [3.63, 3.8) is 0 Å². The first-order valence-electron chi connectivity index (χ1n) is 8.61. The summed E-state index contributed by atoms with van der Waals surface area (Å²) in [6, 6.07) is 10.7.